The van der Waals surface area contributed by atoms with Crippen molar-refractivity contribution in [1.29, 1.82) is 0 Å². The number of halogens is 3. The molecule has 3 heterocycles. The topological polar surface area (TPSA) is 93.6 Å². The first-order valence-corrected chi connectivity index (χ1v) is 12.1. The van der Waals surface area contributed by atoms with Crippen molar-refractivity contribution in [3.63, 3.8) is 0 Å². The van der Waals surface area contributed by atoms with Crippen molar-refractivity contribution < 1.29 is 21.6 Å². The van der Waals surface area contributed by atoms with Gasteiger partial charge < -0.3 is 0 Å². The van der Waals surface area contributed by atoms with Gasteiger partial charge in [0.25, 0.3) is 10.2 Å². The Balaban J connectivity index is 1.66. The van der Waals surface area contributed by atoms with Crippen molar-refractivity contribution in [3.05, 3.63) is 29.2 Å². The van der Waals surface area contributed by atoms with Gasteiger partial charge >= 0.3 is 6.18 Å². The predicted octanol–water partition coefficient (Wildman–Crippen LogP) is 3.43. The highest BCUT2D eigenvalue weighted by molar-refractivity contribution is 7.86. The third-order valence-electron chi connectivity index (χ3n) is 6.82. The van der Waals surface area contributed by atoms with E-state index < -0.39 is 27.7 Å². The van der Waals surface area contributed by atoms with Gasteiger partial charge in [-0.25, -0.2) is 14.6 Å². The van der Waals surface area contributed by atoms with Crippen LogP contribution in [0.2, 0.25) is 0 Å². The first-order chi connectivity index (χ1) is 14.4. The van der Waals surface area contributed by atoms with Gasteiger partial charge in [0.15, 0.2) is 5.65 Å². The van der Waals surface area contributed by atoms with E-state index >= 15 is 0 Å². The van der Waals surface area contributed by atoms with E-state index in [1.807, 2.05) is 26.0 Å². The van der Waals surface area contributed by atoms with Gasteiger partial charge in [-0.15, -0.1) is 0 Å². The molecule has 2 aromatic rings. The molecule has 7 nitrogen and oxygen atoms in total. The Morgan fingerprint density at radius 3 is 2.48 bits per heavy atom. The number of hydrogen-bond acceptors (Lipinski definition) is 4. The van der Waals surface area contributed by atoms with Crippen LogP contribution >= 0.6 is 0 Å². The van der Waals surface area contributed by atoms with Gasteiger partial charge in [-0.1, -0.05) is 6.92 Å². The van der Waals surface area contributed by atoms with Crippen LogP contribution in [-0.4, -0.2) is 46.6 Å². The Labute approximate surface area is 180 Å². The number of aryl methyl sites for hydroxylation is 1. The summed E-state index contributed by atoms with van der Waals surface area (Å²) in [5, 5.41) is 10.1. The van der Waals surface area contributed by atoms with Crippen LogP contribution in [0.4, 0.5) is 13.2 Å². The minimum Gasteiger partial charge on any atom is -0.234 e. The molecule has 2 aliphatic rings. The van der Waals surface area contributed by atoms with Crippen LogP contribution in [0.15, 0.2) is 12.1 Å². The van der Waals surface area contributed by atoms with Gasteiger partial charge in [0.1, 0.15) is 0 Å². The molecule has 0 unspecified atom stereocenters. The van der Waals surface area contributed by atoms with Crippen LogP contribution in [0.1, 0.15) is 68.4 Å². The predicted molar refractivity (Wildman–Crippen MR) is 110 cm³/mol. The van der Waals surface area contributed by atoms with Gasteiger partial charge in [-0.3, -0.25) is 0 Å². The van der Waals surface area contributed by atoms with Gasteiger partial charge in [0.2, 0.25) is 0 Å². The van der Waals surface area contributed by atoms with Crippen molar-refractivity contribution >= 4 is 15.9 Å². The second-order valence-electron chi connectivity index (χ2n) is 9.25. The van der Waals surface area contributed by atoms with E-state index in [1.54, 1.807) is 4.52 Å². The van der Waals surface area contributed by atoms with Crippen molar-refractivity contribution in [1.82, 2.24) is 18.9 Å². The molecule has 4 rings (SSSR count). The third kappa shape index (κ3) is 4.45. The first-order valence-electron chi connectivity index (χ1n) is 10.6. The molecule has 1 saturated heterocycles. The summed E-state index contributed by atoms with van der Waals surface area (Å²) in [6.45, 7) is 4.49. The molecule has 0 aromatic carbocycles. The summed E-state index contributed by atoms with van der Waals surface area (Å²) in [4.78, 5) is 4.56. The minimum atomic E-state index is -4.14. The van der Waals surface area contributed by atoms with Crippen LogP contribution < -0.4 is 5.14 Å². The van der Waals surface area contributed by atoms with E-state index in [1.165, 1.54) is 4.31 Å². The normalized spacial score (nSPS) is 28.8. The van der Waals surface area contributed by atoms with Gasteiger partial charge in [0, 0.05) is 36.2 Å². The molecule has 2 aromatic heterocycles. The maximum atomic E-state index is 13.0. The highest BCUT2D eigenvalue weighted by Gasteiger charge is 2.42. The number of aromatic nitrogens is 3. The fourth-order valence-electron chi connectivity index (χ4n) is 5.08. The molecule has 2 fully saturated rings. The number of piperidine rings is 1. The Morgan fingerprint density at radius 1 is 1.19 bits per heavy atom. The van der Waals surface area contributed by atoms with Crippen molar-refractivity contribution in [2.24, 2.45) is 11.1 Å². The standard InChI is InChI=1S/C20H28F3N5O2S/c1-13-10-17(19(2)8-3-9-27(12-19)31(24,29)30)28-18(25-13)11-16(26-28)14-4-6-15(7-5-14)20(21,22)23/h10-11,14-15H,3-9,12H2,1-2H3,(H2,24,29,30)/t14-,15-,19-/m1/s1. The monoisotopic (exact) mass is 459 g/mol. The van der Waals surface area contributed by atoms with Crippen LogP contribution in [-0.2, 0) is 15.6 Å². The molecule has 0 bridgehead atoms. The van der Waals surface area contributed by atoms with E-state index in [0.29, 0.717) is 31.5 Å². The molecule has 2 N–H and O–H groups in total. The number of hydrogen-bond donors (Lipinski definition) is 1. The summed E-state index contributed by atoms with van der Waals surface area (Å²) in [5.74, 6) is -1.27. The number of fused-ring (bicyclic) bond motifs is 1. The molecular formula is C20H28F3N5O2S. The van der Waals surface area contributed by atoms with Crippen molar-refractivity contribution in [3.8, 4) is 0 Å². The zero-order valence-electron chi connectivity index (χ0n) is 17.7. The highest BCUT2D eigenvalue weighted by Crippen LogP contribution is 2.43. The van der Waals surface area contributed by atoms with E-state index in [4.69, 9.17) is 10.2 Å². The van der Waals surface area contributed by atoms with Gasteiger partial charge in [0.05, 0.1) is 17.3 Å². The van der Waals surface area contributed by atoms with E-state index in [9.17, 15) is 21.6 Å². The maximum absolute atomic E-state index is 13.0. The zero-order chi connectivity index (χ0) is 22.6. The summed E-state index contributed by atoms with van der Waals surface area (Å²) < 4.78 is 65.9. The van der Waals surface area contributed by atoms with Crippen LogP contribution in [0, 0.1) is 12.8 Å². The number of nitrogens with two attached hydrogens (primary N) is 1. The Hall–Kier alpha value is -1.72. The van der Waals surface area contributed by atoms with E-state index in [2.05, 4.69) is 4.98 Å². The Kier molecular flexibility index (Phi) is 5.58. The second kappa shape index (κ2) is 7.70. The molecule has 1 aliphatic heterocycles. The molecule has 1 atom stereocenters. The average molecular weight is 460 g/mol. The SMILES string of the molecule is Cc1cc([C@]2(C)CCCN(S(N)(=O)=O)C2)n2nc([C@H]3CC[C@H](C(F)(F)F)CC3)cc2n1. The molecule has 1 aliphatic carbocycles. The lowest BCUT2D eigenvalue weighted by atomic mass is 9.79. The molecule has 0 amide bonds. The second-order valence-corrected chi connectivity index (χ2v) is 10.8. The summed E-state index contributed by atoms with van der Waals surface area (Å²) in [6.07, 6.45) is -1.59. The fraction of sp³-hybridized carbons (Fsp3) is 0.700. The van der Waals surface area contributed by atoms with E-state index in [0.717, 1.165) is 23.5 Å². The molecule has 0 radical (unpaired) electrons. The lowest BCUT2D eigenvalue weighted by Gasteiger charge is -2.39. The smallest absolute Gasteiger partial charge is 0.234 e. The Morgan fingerprint density at radius 2 is 1.87 bits per heavy atom. The number of nitrogens with zero attached hydrogens (tertiary/aromatic N) is 4. The van der Waals surface area contributed by atoms with Crippen LogP contribution in [0.25, 0.3) is 5.65 Å². The van der Waals surface area contributed by atoms with Crippen LogP contribution in [0.3, 0.4) is 0 Å². The minimum absolute atomic E-state index is 0.0338. The average Bonchev–Trinajstić information content (AvgIpc) is 3.10. The summed E-state index contributed by atoms with van der Waals surface area (Å²) in [5.41, 5.74) is 2.51. The quantitative estimate of drug-likeness (QED) is 0.761. The zero-order valence-corrected chi connectivity index (χ0v) is 18.5. The number of alkyl halides is 3. The maximum Gasteiger partial charge on any atom is 0.391 e. The fourth-order valence-corrected chi connectivity index (χ4v) is 5.93. The van der Waals surface area contributed by atoms with E-state index in [-0.39, 0.29) is 25.3 Å². The van der Waals surface area contributed by atoms with Gasteiger partial charge in [-0.05, 0) is 51.5 Å². The molecular weight excluding hydrogens is 431 g/mol. The summed E-state index contributed by atoms with van der Waals surface area (Å²) in [6, 6.07) is 3.77. The van der Waals surface area contributed by atoms with Crippen LogP contribution in [0.5, 0.6) is 0 Å². The van der Waals surface area contributed by atoms with Crippen molar-refractivity contribution in [2.45, 2.75) is 69.9 Å². The molecule has 11 heteroatoms. The van der Waals surface area contributed by atoms with Crippen molar-refractivity contribution in [2.75, 3.05) is 13.1 Å². The highest BCUT2D eigenvalue weighted by atomic mass is 32.2. The lowest BCUT2D eigenvalue weighted by molar-refractivity contribution is -0.182. The van der Waals surface area contributed by atoms with Gasteiger partial charge in [-0.2, -0.15) is 31.0 Å². The molecule has 172 valence electrons. The summed E-state index contributed by atoms with van der Waals surface area (Å²) >= 11 is 0. The first kappa shape index (κ1) is 22.5. The third-order valence-corrected chi connectivity index (χ3v) is 7.85. The Bertz CT molecular complexity index is 1080. The molecule has 0 spiro atoms. The largest absolute Gasteiger partial charge is 0.391 e. The summed E-state index contributed by atoms with van der Waals surface area (Å²) in [7, 11) is -3.80. The molecule has 31 heavy (non-hydrogen) atoms. The molecule has 1 saturated carbocycles. The lowest BCUT2D eigenvalue weighted by Crippen LogP contribution is -2.50. The number of rotatable bonds is 3.